The van der Waals surface area contributed by atoms with E-state index in [2.05, 4.69) is 24.8 Å². The molecular formula is C13H23N3O. The van der Waals surface area contributed by atoms with Gasteiger partial charge >= 0.3 is 0 Å². The van der Waals surface area contributed by atoms with Crippen molar-refractivity contribution in [3.8, 4) is 6.07 Å². The van der Waals surface area contributed by atoms with Gasteiger partial charge in [0, 0.05) is 19.1 Å². The van der Waals surface area contributed by atoms with E-state index in [9.17, 15) is 4.79 Å². The van der Waals surface area contributed by atoms with Crippen LogP contribution in [0.25, 0.3) is 0 Å². The fraction of sp³-hybridized carbons (Fsp3) is 0.846. The normalized spacial score (nSPS) is 21.6. The predicted molar refractivity (Wildman–Crippen MR) is 67.3 cm³/mol. The summed E-state index contributed by atoms with van der Waals surface area (Å²) in [4.78, 5) is 16.3. The van der Waals surface area contributed by atoms with E-state index in [1.54, 1.807) is 0 Å². The second-order valence-electron chi connectivity index (χ2n) is 4.54. The van der Waals surface area contributed by atoms with Gasteiger partial charge in [0.1, 0.15) is 5.92 Å². The van der Waals surface area contributed by atoms with Gasteiger partial charge in [-0.15, -0.1) is 0 Å². The fourth-order valence-electron chi connectivity index (χ4n) is 2.52. The Labute approximate surface area is 104 Å². The minimum absolute atomic E-state index is 0.0182. The number of nitriles is 1. The number of likely N-dealkylation sites (N-methyl/N-ethyl adjacent to an activating group) is 1. The van der Waals surface area contributed by atoms with Gasteiger partial charge < -0.3 is 4.90 Å². The predicted octanol–water partition coefficient (Wildman–Crippen LogP) is 1.48. The van der Waals surface area contributed by atoms with E-state index in [0.717, 1.165) is 32.6 Å². The summed E-state index contributed by atoms with van der Waals surface area (Å²) in [5.74, 6) is -0.435. The van der Waals surface area contributed by atoms with E-state index in [1.807, 2.05) is 11.8 Å². The van der Waals surface area contributed by atoms with E-state index >= 15 is 0 Å². The molecule has 1 heterocycles. The van der Waals surface area contributed by atoms with Gasteiger partial charge in [0.2, 0.25) is 5.91 Å². The molecule has 0 bridgehead atoms. The van der Waals surface area contributed by atoms with Crippen molar-refractivity contribution in [1.82, 2.24) is 9.80 Å². The number of carbonyl (C=O) groups excluding carboxylic acids is 1. The van der Waals surface area contributed by atoms with E-state index < -0.39 is 5.92 Å². The molecule has 1 amide bonds. The molecule has 0 N–H and O–H groups in total. The van der Waals surface area contributed by atoms with Crippen molar-refractivity contribution in [2.24, 2.45) is 5.92 Å². The van der Waals surface area contributed by atoms with E-state index in [4.69, 9.17) is 5.26 Å². The van der Waals surface area contributed by atoms with Crippen LogP contribution in [0.15, 0.2) is 0 Å². The maximum atomic E-state index is 12.0. The smallest absolute Gasteiger partial charge is 0.239 e. The van der Waals surface area contributed by atoms with Crippen molar-refractivity contribution in [3.63, 3.8) is 0 Å². The standard InChI is InChI=1S/C13H23N3O/c1-4-11(9-14)13(17)16-8-7-12(10-16)15(5-2)6-3/h11-12H,4-8,10H2,1-3H3. The summed E-state index contributed by atoms with van der Waals surface area (Å²) in [5, 5.41) is 8.92. The zero-order valence-corrected chi connectivity index (χ0v) is 11.1. The molecule has 2 unspecified atom stereocenters. The van der Waals surface area contributed by atoms with Crippen molar-refractivity contribution in [2.75, 3.05) is 26.2 Å². The number of hydrogen-bond donors (Lipinski definition) is 0. The first-order chi connectivity index (χ1) is 8.17. The third-order valence-corrected chi connectivity index (χ3v) is 3.67. The average molecular weight is 237 g/mol. The van der Waals surface area contributed by atoms with Gasteiger partial charge in [0.05, 0.1) is 6.07 Å². The number of rotatable bonds is 5. The van der Waals surface area contributed by atoms with Crippen molar-refractivity contribution in [1.29, 1.82) is 5.26 Å². The lowest BCUT2D eigenvalue weighted by Gasteiger charge is -2.26. The molecule has 1 rings (SSSR count). The van der Waals surface area contributed by atoms with Gasteiger partial charge in [-0.3, -0.25) is 9.69 Å². The zero-order chi connectivity index (χ0) is 12.8. The molecule has 1 fully saturated rings. The minimum atomic E-state index is -0.453. The zero-order valence-electron chi connectivity index (χ0n) is 11.1. The Morgan fingerprint density at radius 1 is 1.47 bits per heavy atom. The molecular weight excluding hydrogens is 214 g/mol. The SMILES string of the molecule is CCC(C#N)C(=O)N1CCC(N(CC)CC)C1. The van der Waals surface area contributed by atoms with E-state index in [-0.39, 0.29) is 5.91 Å². The van der Waals surface area contributed by atoms with Crippen LogP contribution in [-0.2, 0) is 4.79 Å². The van der Waals surface area contributed by atoms with Gasteiger partial charge in [0.15, 0.2) is 0 Å². The van der Waals surface area contributed by atoms with Crippen LogP contribution >= 0.6 is 0 Å². The highest BCUT2D eigenvalue weighted by molar-refractivity contribution is 5.81. The quantitative estimate of drug-likeness (QED) is 0.727. The van der Waals surface area contributed by atoms with Crippen LogP contribution in [0.1, 0.15) is 33.6 Å². The van der Waals surface area contributed by atoms with Crippen molar-refractivity contribution < 1.29 is 4.79 Å². The third-order valence-electron chi connectivity index (χ3n) is 3.67. The highest BCUT2D eigenvalue weighted by atomic mass is 16.2. The van der Waals surface area contributed by atoms with Gasteiger partial charge in [-0.1, -0.05) is 20.8 Å². The molecule has 1 aliphatic rings. The van der Waals surface area contributed by atoms with Crippen molar-refractivity contribution in [2.45, 2.75) is 39.7 Å². The van der Waals surface area contributed by atoms with Gasteiger partial charge in [-0.25, -0.2) is 0 Å². The summed E-state index contributed by atoms with van der Waals surface area (Å²) in [5.41, 5.74) is 0. The summed E-state index contributed by atoms with van der Waals surface area (Å²) in [6, 6.07) is 2.57. The monoisotopic (exact) mass is 237 g/mol. The number of amides is 1. The molecule has 0 aliphatic carbocycles. The first kappa shape index (κ1) is 14.0. The lowest BCUT2D eigenvalue weighted by Crippen LogP contribution is -2.40. The van der Waals surface area contributed by atoms with Gasteiger partial charge in [-0.05, 0) is 25.9 Å². The Morgan fingerprint density at radius 2 is 2.12 bits per heavy atom. The van der Waals surface area contributed by atoms with Crippen LogP contribution in [0, 0.1) is 17.2 Å². The second kappa shape index (κ2) is 6.61. The molecule has 4 nitrogen and oxygen atoms in total. The third kappa shape index (κ3) is 3.19. The summed E-state index contributed by atoms with van der Waals surface area (Å²) in [6.45, 7) is 9.84. The summed E-state index contributed by atoms with van der Waals surface area (Å²) in [7, 11) is 0. The molecule has 0 aromatic carbocycles. The molecule has 2 atom stereocenters. The molecule has 17 heavy (non-hydrogen) atoms. The minimum Gasteiger partial charge on any atom is -0.340 e. The number of hydrogen-bond acceptors (Lipinski definition) is 3. The Bertz CT molecular complexity index is 294. The molecule has 0 radical (unpaired) electrons. The van der Waals surface area contributed by atoms with E-state index in [0.29, 0.717) is 12.5 Å². The Kier molecular flexibility index (Phi) is 5.43. The number of carbonyl (C=O) groups is 1. The molecule has 96 valence electrons. The molecule has 0 spiro atoms. The highest BCUT2D eigenvalue weighted by Crippen LogP contribution is 2.18. The largest absolute Gasteiger partial charge is 0.340 e. The van der Waals surface area contributed by atoms with Crippen LogP contribution in [0.2, 0.25) is 0 Å². The Hall–Kier alpha value is -1.08. The topological polar surface area (TPSA) is 47.3 Å². The Balaban J connectivity index is 2.55. The fourth-order valence-corrected chi connectivity index (χ4v) is 2.52. The van der Waals surface area contributed by atoms with Crippen LogP contribution in [-0.4, -0.2) is 47.9 Å². The number of likely N-dealkylation sites (tertiary alicyclic amines) is 1. The number of nitrogens with zero attached hydrogens (tertiary/aromatic N) is 3. The van der Waals surface area contributed by atoms with Gasteiger partial charge in [-0.2, -0.15) is 5.26 Å². The van der Waals surface area contributed by atoms with Crippen molar-refractivity contribution in [3.05, 3.63) is 0 Å². The van der Waals surface area contributed by atoms with Crippen LogP contribution < -0.4 is 0 Å². The maximum absolute atomic E-state index is 12.0. The lowest BCUT2D eigenvalue weighted by atomic mass is 10.1. The highest BCUT2D eigenvalue weighted by Gasteiger charge is 2.31. The van der Waals surface area contributed by atoms with Crippen LogP contribution in [0.4, 0.5) is 0 Å². The summed E-state index contributed by atoms with van der Waals surface area (Å²) >= 11 is 0. The molecule has 4 heteroatoms. The molecule has 1 aliphatic heterocycles. The molecule has 0 saturated carbocycles. The molecule has 1 saturated heterocycles. The van der Waals surface area contributed by atoms with Crippen LogP contribution in [0.5, 0.6) is 0 Å². The van der Waals surface area contributed by atoms with Crippen molar-refractivity contribution >= 4 is 5.91 Å². The summed E-state index contributed by atoms with van der Waals surface area (Å²) in [6.07, 6.45) is 1.65. The van der Waals surface area contributed by atoms with Gasteiger partial charge in [0.25, 0.3) is 0 Å². The second-order valence-corrected chi connectivity index (χ2v) is 4.54. The Morgan fingerprint density at radius 3 is 2.59 bits per heavy atom. The first-order valence-corrected chi connectivity index (χ1v) is 6.60. The lowest BCUT2D eigenvalue weighted by molar-refractivity contribution is -0.132. The average Bonchev–Trinajstić information content (AvgIpc) is 2.81. The molecule has 0 aromatic heterocycles. The first-order valence-electron chi connectivity index (χ1n) is 6.60. The van der Waals surface area contributed by atoms with Crippen LogP contribution in [0.3, 0.4) is 0 Å². The molecule has 0 aromatic rings. The maximum Gasteiger partial charge on any atom is 0.239 e. The van der Waals surface area contributed by atoms with E-state index in [1.165, 1.54) is 0 Å². The summed E-state index contributed by atoms with van der Waals surface area (Å²) < 4.78 is 0.